The Balaban J connectivity index is 1.72. The number of allylic oxidation sites excluding steroid dienone is 1. The molecule has 34 heavy (non-hydrogen) atoms. The van der Waals surface area contributed by atoms with Crippen molar-refractivity contribution in [2.45, 2.75) is 70.6 Å². The molecule has 0 saturated carbocycles. The van der Waals surface area contributed by atoms with E-state index in [9.17, 15) is 18.8 Å². The van der Waals surface area contributed by atoms with Gasteiger partial charge in [0, 0.05) is 6.42 Å². The Labute approximate surface area is 196 Å². The number of halogens is 2. The van der Waals surface area contributed by atoms with E-state index >= 15 is 0 Å². The van der Waals surface area contributed by atoms with Crippen molar-refractivity contribution in [3.05, 3.63) is 58.5 Å². The zero-order valence-corrected chi connectivity index (χ0v) is 19.2. The van der Waals surface area contributed by atoms with Gasteiger partial charge in [-0.2, -0.15) is 5.26 Å². The van der Waals surface area contributed by atoms with Crippen LogP contribution in [0.25, 0.3) is 5.70 Å². The minimum Gasteiger partial charge on any atom is -0.468 e. The van der Waals surface area contributed by atoms with Crippen LogP contribution in [-0.4, -0.2) is 23.2 Å². The molecule has 7 nitrogen and oxygen atoms in total. The van der Waals surface area contributed by atoms with Crippen LogP contribution in [-0.2, 0) is 27.8 Å². The van der Waals surface area contributed by atoms with Crippen LogP contribution in [0.1, 0.15) is 68.3 Å². The van der Waals surface area contributed by atoms with Gasteiger partial charge in [-0.05, 0) is 41.4 Å². The van der Waals surface area contributed by atoms with Crippen molar-refractivity contribution in [3.8, 4) is 6.07 Å². The fraction of sp³-hybridized carbons (Fsp3) is 0.480. The number of alkyl halides is 2. The number of aryl methyl sites for hydroxylation is 2. The fourth-order valence-electron chi connectivity index (χ4n) is 5.05. The van der Waals surface area contributed by atoms with Crippen molar-refractivity contribution < 1.29 is 22.7 Å². The molecule has 1 aliphatic carbocycles. The zero-order valence-electron chi connectivity index (χ0n) is 19.2. The normalized spacial score (nSPS) is 26.3. The predicted octanol–water partition coefficient (Wildman–Crippen LogP) is 4.11. The van der Waals surface area contributed by atoms with Crippen molar-refractivity contribution in [1.29, 1.82) is 5.26 Å². The number of oxazole rings is 1. The molecule has 0 radical (unpaired) electrons. The van der Waals surface area contributed by atoms with Gasteiger partial charge in [0.15, 0.2) is 12.0 Å². The average Bonchev–Trinajstić information content (AvgIpc) is 3.51. The molecule has 3 atom stereocenters. The standard InChI is InChI=1S/C25H26F2N4O3/c1-24(2,3)19-23-31-18(22-29-16(11-33-22)21(26)27)20(34-23)25(12-28)9-8-14-6-4-13(10-15(14)25)5-7-17(32)30-19/h4,6,10-11,19,21,23,31H,5,7-9H2,1-3H3,(H,30,32). The van der Waals surface area contributed by atoms with Crippen molar-refractivity contribution in [1.82, 2.24) is 15.6 Å². The van der Waals surface area contributed by atoms with E-state index in [0.717, 1.165) is 23.0 Å². The third kappa shape index (κ3) is 3.52. The van der Waals surface area contributed by atoms with Gasteiger partial charge in [0.2, 0.25) is 11.8 Å². The lowest BCUT2D eigenvalue weighted by Gasteiger charge is -2.36. The van der Waals surface area contributed by atoms with Crippen LogP contribution in [0.15, 0.2) is 34.6 Å². The number of carbonyl (C=O) groups excluding carboxylic acids is 1. The molecular weight excluding hydrogens is 442 g/mol. The van der Waals surface area contributed by atoms with E-state index < -0.39 is 35.2 Å². The van der Waals surface area contributed by atoms with Crippen LogP contribution < -0.4 is 10.6 Å². The number of hydrogen-bond acceptors (Lipinski definition) is 6. The Hall–Kier alpha value is -3.41. The molecule has 1 amide bonds. The monoisotopic (exact) mass is 468 g/mol. The summed E-state index contributed by atoms with van der Waals surface area (Å²) in [5.74, 6) is 0.104. The highest BCUT2D eigenvalue weighted by Crippen LogP contribution is 2.49. The number of ether oxygens (including phenoxy) is 1. The van der Waals surface area contributed by atoms with E-state index in [0.29, 0.717) is 31.4 Å². The highest BCUT2D eigenvalue weighted by molar-refractivity contribution is 5.77. The summed E-state index contributed by atoms with van der Waals surface area (Å²) in [5.41, 5.74) is 1.01. The van der Waals surface area contributed by atoms with E-state index in [2.05, 4.69) is 21.7 Å². The summed E-state index contributed by atoms with van der Waals surface area (Å²) >= 11 is 0. The molecule has 4 bridgehead atoms. The first-order chi connectivity index (χ1) is 16.1. The van der Waals surface area contributed by atoms with E-state index in [1.54, 1.807) is 0 Å². The third-order valence-corrected chi connectivity index (χ3v) is 6.89. The minimum absolute atomic E-state index is 0.0686. The Morgan fingerprint density at radius 2 is 2.03 bits per heavy atom. The molecule has 9 heteroatoms. The number of nitrogens with one attached hydrogen (secondary N) is 2. The lowest BCUT2D eigenvalue weighted by Crippen LogP contribution is -2.55. The summed E-state index contributed by atoms with van der Waals surface area (Å²) in [4.78, 5) is 16.8. The van der Waals surface area contributed by atoms with Gasteiger partial charge in [-0.3, -0.25) is 4.79 Å². The summed E-state index contributed by atoms with van der Waals surface area (Å²) in [6.45, 7) is 5.93. The van der Waals surface area contributed by atoms with Gasteiger partial charge in [-0.1, -0.05) is 39.0 Å². The Kier molecular flexibility index (Phi) is 5.15. The molecule has 3 aliphatic rings. The molecule has 2 N–H and O–H groups in total. The van der Waals surface area contributed by atoms with Gasteiger partial charge < -0.3 is 19.8 Å². The molecule has 1 aromatic carbocycles. The maximum atomic E-state index is 13.3. The predicted molar refractivity (Wildman–Crippen MR) is 118 cm³/mol. The molecule has 2 aromatic rings. The van der Waals surface area contributed by atoms with E-state index in [1.165, 1.54) is 0 Å². The highest BCUT2D eigenvalue weighted by atomic mass is 19.3. The van der Waals surface area contributed by atoms with Crippen LogP contribution in [0, 0.1) is 16.7 Å². The van der Waals surface area contributed by atoms with E-state index in [4.69, 9.17) is 9.15 Å². The number of fused-ring (bicyclic) bond motifs is 4. The number of nitriles is 1. The molecule has 2 aliphatic heterocycles. The van der Waals surface area contributed by atoms with Crippen LogP contribution in [0.4, 0.5) is 8.78 Å². The number of amides is 1. The second kappa shape index (κ2) is 7.83. The van der Waals surface area contributed by atoms with Gasteiger partial charge >= 0.3 is 0 Å². The topological polar surface area (TPSA) is 100 Å². The second-order valence-electron chi connectivity index (χ2n) is 10.2. The summed E-state index contributed by atoms with van der Waals surface area (Å²) in [6, 6.07) is 7.93. The highest BCUT2D eigenvalue weighted by Gasteiger charge is 2.52. The average molecular weight is 469 g/mol. The van der Waals surface area contributed by atoms with Crippen LogP contribution in [0.5, 0.6) is 0 Å². The van der Waals surface area contributed by atoms with Crippen molar-refractivity contribution in [2.75, 3.05) is 0 Å². The minimum atomic E-state index is -2.80. The summed E-state index contributed by atoms with van der Waals surface area (Å²) < 4.78 is 38.4. The van der Waals surface area contributed by atoms with Crippen LogP contribution >= 0.6 is 0 Å². The van der Waals surface area contributed by atoms with Gasteiger partial charge in [0.05, 0.1) is 12.1 Å². The van der Waals surface area contributed by atoms with Gasteiger partial charge in [-0.15, -0.1) is 0 Å². The summed E-state index contributed by atoms with van der Waals surface area (Å²) in [6.07, 6.45) is -0.645. The number of rotatable bonds is 2. The largest absolute Gasteiger partial charge is 0.468 e. The number of nitrogens with zero attached hydrogens (tertiary/aromatic N) is 2. The quantitative estimate of drug-likeness (QED) is 0.688. The zero-order chi connectivity index (χ0) is 24.3. The Morgan fingerprint density at radius 3 is 2.71 bits per heavy atom. The molecule has 3 heterocycles. The summed E-state index contributed by atoms with van der Waals surface area (Å²) in [5, 5.41) is 16.8. The molecule has 0 spiro atoms. The fourth-order valence-corrected chi connectivity index (χ4v) is 5.05. The lowest BCUT2D eigenvalue weighted by molar-refractivity contribution is -0.124. The van der Waals surface area contributed by atoms with Crippen LogP contribution in [0.2, 0.25) is 0 Å². The smallest absolute Gasteiger partial charge is 0.283 e. The molecular formula is C25H26F2N4O3. The molecule has 0 fully saturated rings. The molecule has 5 rings (SSSR count). The maximum absolute atomic E-state index is 13.3. The van der Waals surface area contributed by atoms with E-state index in [-0.39, 0.29) is 17.5 Å². The van der Waals surface area contributed by atoms with Crippen molar-refractivity contribution in [2.24, 2.45) is 5.41 Å². The first-order valence-electron chi connectivity index (χ1n) is 11.4. The number of aromatic nitrogens is 1. The summed E-state index contributed by atoms with van der Waals surface area (Å²) in [7, 11) is 0. The Bertz CT molecular complexity index is 1220. The molecule has 3 unspecified atom stereocenters. The number of benzene rings is 1. The Morgan fingerprint density at radius 1 is 1.24 bits per heavy atom. The van der Waals surface area contributed by atoms with Gasteiger partial charge in [0.25, 0.3) is 6.43 Å². The van der Waals surface area contributed by atoms with Crippen molar-refractivity contribution >= 4 is 11.6 Å². The van der Waals surface area contributed by atoms with E-state index in [1.807, 2.05) is 39.0 Å². The van der Waals surface area contributed by atoms with Crippen molar-refractivity contribution in [3.63, 3.8) is 0 Å². The lowest BCUT2D eigenvalue weighted by atomic mass is 9.79. The molecule has 0 saturated heterocycles. The van der Waals surface area contributed by atoms with Gasteiger partial charge in [-0.25, -0.2) is 13.8 Å². The third-order valence-electron chi connectivity index (χ3n) is 6.89. The SMILES string of the molecule is CC(C)(C)C1NC(=O)CCc2ccc3c(c2)C(C#N)(CC3)C2=C(c3nc(C(F)F)co3)NC1O2. The molecule has 178 valence electrons. The second-order valence-corrected chi connectivity index (χ2v) is 10.2. The number of hydrogen-bond donors (Lipinski definition) is 2. The van der Waals surface area contributed by atoms with Crippen LogP contribution in [0.3, 0.4) is 0 Å². The molecule has 1 aromatic heterocycles. The number of carbonyl (C=O) groups is 1. The first-order valence-corrected chi connectivity index (χ1v) is 11.4. The maximum Gasteiger partial charge on any atom is 0.283 e. The first kappa shape index (κ1) is 22.4. The van der Waals surface area contributed by atoms with Gasteiger partial charge in [0.1, 0.15) is 23.1 Å².